The number of carboxylic acids is 1. The summed E-state index contributed by atoms with van der Waals surface area (Å²) in [4.78, 5) is 12.8. The number of H-pyrrole nitrogens is 1. The number of nitrogens with one attached hydrogen (secondary N) is 1. The van der Waals surface area contributed by atoms with E-state index in [2.05, 4.69) is 4.98 Å². The molecule has 1 aromatic heterocycles. The minimum absolute atomic E-state index is 0.111. The molecule has 0 unspecified atom stereocenters. The fraction of sp³-hybridized carbons (Fsp3) is 0. The molecule has 0 aliphatic carbocycles. The molecule has 66 valence electrons. The Morgan fingerprint density at radius 1 is 1.46 bits per heavy atom. The molecule has 0 saturated carbocycles. The van der Waals surface area contributed by atoms with Crippen molar-refractivity contribution in [2.45, 2.75) is 0 Å². The molecule has 13 heavy (non-hydrogen) atoms. The molecule has 1 heterocycles. The molecule has 0 bridgehead atoms. The number of carbonyl (C=O) groups is 1. The topological polar surface area (TPSA) is 55.9 Å². The van der Waals surface area contributed by atoms with Gasteiger partial charge >= 0.3 is 0 Å². The van der Waals surface area contributed by atoms with E-state index in [9.17, 15) is 14.3 Å². The van der Waals surface area contributed by atoms with E-state index in [1.54, 1.807) is 6.07 Å². The Kier molecular flexibility index (Phi) is 1.55. The van der Waals surface area contributed by atoms with Crippen molar-refractivity contribution in [2.24, 2.45) is 0 Å². The van der Waals surface area contributed by atoms with E-state index in [0.717, 1.165) is 0 Å². The number of aromatic carboxylic acids is 1. The van der Waals surface area contributed by atoms with Gasteiger partial charge in [0, 0.05) is 5.39 Å². The first-order valence-electron chi connectivity index (χ1n) is 3.67. The van der Waals surface area contributed by atoms with Crippen LogP contribution in [0.2, 0.25) is 0 Å². The molecule has 0 radical (unpaired) electrons. The minimum atomic E-state index is -1.34. The van der Waals surface area contributed by atoms with Crippen LogP contribution in [0.4, 0.5) is 4.39 Å². The molecule has 0 atom stereocenters. The Bertz CT molecular complexity index is 475. The lowest BCUT2D eigenvalue weighted by molar-refractivity contribution is -0.255. The highest BCUT2D eigenvalue weighted by atomic mass is 19.1. The quantitative estimate of drug-likeness (QED) is 0.697. The number of aromatic amines is 1. The average Bonchev–Trinajstić information content (AvgIpc) is 2.49. The number of halogens is 1. The van der Waals surface area contributed by atoms with Gasteiger partial charge in [-0.2, -0.15) is 0 Å². The van der Waals surface area contributed by atoms with E-state index in [1.807, 2.05) is 0 Å². The molecule has 0 aliphatic heterocycles. The fourth-order valence-corrected chi connectivity index (χ4v) is 1.23. The van der Waals surface area contributed by atoms with E-state index in [0.29, 0.717) is 5.39 Å². The maximum absolute atomic E-state index is 13.0. The second-order valence-electron chi connectivity index (χ2n) is 2.67. The second kappa shape index (κ2) is 2.58. The largest absolute Gasteiger partial charge is 0.543 e. The van der Waals surface area contributed by atoms with Gasteiger partial charge in [0.1, 0.15) is 5.82 Å². The summed E-state index contributed by atoms with van der Waals surface area (Å²) < 4.78 is 13.0. The number of carboxylic acid groups (broad SMARTS) is 1. The van der Waals surface area contributed by atoms with Crippen molar-refractivity contribution < 1.29 is 14.3 Å². The zero-order valence-electron chi connectivity index (χ0n) is 6.50. The Hall–Kier alpha value is -1.84. The standard InChI is InChI=1S/C9H6FNO2/c10-6-3-1-2-5-4-7(9(12)13)11-8(5)6/h1-4,11H,(H,12,13)/p-1. The van der Waals surface area contributed by atoms with E-state index in [4.69, 9.17) is 0 Å². The van der Waals surface area contributed by atoms with Crippen LogP contribution in [0.1, 0.15) is 10.5 Å². The van der Waals surface area contributed by atoms with E-state index in [-0.39, 0.29) is 11.2 Å². The van der Waals surface area contributed by atoms with Gasteiger partial charge in [-0.15, -0.1) is 0 Å². The molecule has 1 aromatic carbocycles. The molecule has 2 aromatic rings. The molecule has 1 N–H and O–H groups in total. The molecule has 0 fully saturated rings. The lowest BCUT2D eigenvalue weighted by Crippen LogP contribution is -2.22. The zero-order chi connectivity index (χ0) is 9.42. The molecule has 0 amide bonds. The number of carbonyl (C=O) groups excluding carboxylic acids is 1. The first-order valence-corrected chi connectivity index (χ1v) is 3.67. The molecule has 4 heteroatoms. The van der Waals surface area contributed by atoms with E-state index >= 15 is 0 Å². The van der Waals surface area contributed by atoms with Crippen molar-refractivity contribution in [3.63, 3.8) is 0 Å². The van der Waals surface area contributed by atoms with Crippen LogP contribution in [0.3, 0.4) is 0 Å². The van der Waals surface area contributed by atoms with E-state index < -0.39 is 11.8 Å². The monoisotopic (exact) mass is 178 g/mol. The van der Waals surface area contributed by atoms with Crippen LogP contribution in [0, 0.1) is 5.82 Å². The summed E-state index contributed by atoms with van der Waals surface area (Å²) in [5.74, 6) is -1.80. The van der Waals surface area contributed by atoms with Crippen LogP contribution in [0.5, 0.6) is 0 Å². The van der Waals surface area contributed by atoms with Gasteiger partial charge in [0.25, 0.3) is 0 Å². The van der Waals surface area contributed by atoms with Crippen molar-refractivity contribution in [1.82, 2.24) is 4.98 Å². The van der Waals surface area contributed by atoms with Gasteiger partial charge in [-0.25, -0.2) is 4.39 Å². The van der Waals surface area contributed by atoms with Crippen LogP contribution < -0.4 is 5.11 Å². The highest BCUT2D eigenvalue weighted by molar-refractivity contribution is 5.92. The fourth-order valence-electron chi connectivity index (χ4n) is 1.23. The van der Waals surface area contributed by atoms with Crippen LogP contribution in [0.25, 0.3) is 10.9 Å². The van der Waals surface area contributed by atoms with Gasteiger partial charge in [-0.05, 0) is 12.1 Å². The number of benzene rings is 1. The predicted molar refractivity (Wildman–Crippen MR) is 42.6 cm³/mol. The first kappa shape index (κ1) is 7.79. The van der Waals surface area contributed by atoms with Crippen LogP contribution in [-0.4, -0.2) is 11.0 Å². The summed E-state index contributed by atoms with van der Waals surface area (Å²) in [7, 11) is 0. The number of hydrogen-bond acceptors (Lipinski definition) is 2. The number of fused-ring (bicyclic) bond motifs is 1. The summed E-state index contributed by atoms with van der Waals surface area (Å²) >= 11 is 0. The lowest BCUT2D eigenvalue weighted by Gasteiger charge is -1.94. The normalized spacial score (nSPS) is 10.5. The third-order valence-corrected chi connectivity index (χ3v) is 1.83. The van der Waals surface area contributed by atoms with Gasteiger partial charge < -0.3 is 14.9 Å². The van der Waals surface area contributed by atoms with Gasteiger partial charge in [0.05, 0.1) is 17.2 Å². The van der Waals surface area contributed by atoms with Crippen molar-refractivity contribution >= 4 is 16.9 Å². The molecular formula is C9H5FNO2-. The SMILES string of the molecule is O=C([O-])c1cc2cccc(F)c2[nH]1. The highest BCUT2D eigenvalue weighted by Gasteiger charge is 2.04. The lowest BCUT2D eigenvalue weighted by atomic mass is 10.2. The summed E-state index contributed by atoms with van der Waals surface area (Å²) in [6.07, 6.45) is 0. The molecule has 2 rings (SSSR count). The predicted octanol–water partition coefficient (Wildman–Crippen LogP) is 0.670. The van der Waals surface area contributed by atoms with Crippen molar-refractivity contribution in [3.8, 4) is 0 Å². The molecule has 0 aliphatic rings. The zero-order valence-corrected chi connectivity index (χ0v) is 6.50. The van der Waals surface area contributed by atoms with Gasteiger partial charge in [0.2, 0.25) is 0 Å². The Morgan fingerprint density at radius 3 is 2.85 bits per heavy atom. The number of rotatable bonds is 1. The maximum Gasteiger partial charge on any atom is 0.147 e. The molecular weight excluding hydrogens is 173 g/mol. The molecule has 3 nitrogen and oxygen atoms in total. The van der Waals surface area contributed by atoms with Crippen molar-refractivity contribution in [1.29, 1.82) is 0 Å². The van der Waals surface area contributed by atoms with Crippen molar-refractivity contribution in [3.05, 3.63) is 35.8 Å². The summed E-state index contributed by atoms with van der Waals surface area (Å²) in [6, 6.07) is 5.75. The second-order valence-corrected chi connectivity index (χ2v) is 2.67. The van der Waals surface area contributed by atoms with Crippen LogP contribution in [0.15, 0.2) is 24.3 Å². The molecule has 0 spiro atoms. The first-order chi connectivity index (χ1) is 6.18. The summed E-state index contributed by atoms with van der Waals surface area (Å²) in [6.45, 7) is 0. The van der Waals surface area contributed by atoms with Gasteiger partial charge in [-0.3, -0.25) is 0 Å². The highest BCUT2D eigenvalue weighted by Crippen LogP contribution is 2.17. The number of hydrogen-bond donors (Lipinski definition) is 1. The third-order valence-electron chi connectivity index (χ3n) is 1.83. The Labute approximate surface area is 72.8 Å². The number of aromatic nitrogens is 1. The maximum atomic E-state index is 13.0. The smallest absolute Gasteiger partial charge is 0.147 e. The average molecular weight is 178 g/mol. The van der Waals surface area contributed by atoms with Crippen molar-refractivity contribution in [2.75, 3.05) is 0 Å². The van der Waals surface area contributed by atoms with E-state index in [1.165, 1.54) is 18.2 Å². The van der Waals surface area contributed by atoms with Crippen LogP contribution in [-0.2, 0) is 0 Å². The Balaban J connectivity index is 2.75. The van der Waals surface area contributed by atoms with Gasteiger partial charge in [0.15, 0.2) is 0 Å². The van der Waals surface area contributed by atoms with Gasteiger partial charge in [-0.1, -0.05) is 12.1 Å². The summed E-state index contributed by atoms with van der Waals surface area (Å²) in [5, 5.41) is 10.9. The Morgan fingerprint density at radius 2 is 2.23 bits per heavy atom. The third kappa shape index (κ3) is 1.16. The van der Waals surface area contributed by atoms with Crippen LogP contribution >= 0.6 is 0 Å². The molecule has 0 saturated heterocycles. The summed E-state index contributed by atoms with van der Waals surface area (Å²) in [5.41, 5.74) is 0.0850. The minimum Gasteiger partial charge on any atom is -0.543 e. The number of para-hydroxylation sites is 1.